The predicted molar refractivity (Wildman–Crippen MR) is 68.8 cm³/mol. The monoisotopic (exact) mass is 288 g/mol. The van der Waals surface area contributed by atoms with Gasteiger partial charge in [-0.15, -0.1) is 0 Å². The summed E-state index contributed by atoms with van der Waals surface area (Å²) >= 11 is 11.6. The molecule has 0 atom stereocenters. The van der Waals surface area contributed by atoms with E-state index in [1.54, 1.807) is 18.2 Å². The van der Waals surface area contributed by atoms with Gasteiger partial charge in [-0.1, -0.05) is 29.3 Å². The van der Waals surface area contributed by atoms with E-state index >= 15 is 0 Å². The first-order chi connectivity index (χ1) is 8.49. The number of benzene rings is 1. The molecule has 0 aliphatic rings. The number of nitrogens with two attached hydrogens (primary N) is 1. The zero-order valence-electron chi connectivity index (χ0n) is 9.15. The van der Waals surface area contributed by atoms with Gasteiger partial charge >= 0.3 is 0 Å². The average molecular weight is 289 g/mol. The van der Waals surface area contributed by atoms with E-state index in [9.17, 15) is 9.59 Å². The highest BCUT2D eigenvalue weighted by atomic mass is 35.5. The fourth-order valence-corrected chi connectivity index (χ4v) is 1.49. The Kier molecular flexibility index (Phi) is 5.64. The van der Waals surface area contributed by atoms with Crippen LogP contribution in [0.5, 0.6) is 0 Å². The molecule has 1 aromatic carbocycles. The summed E-state index contributed by atoms with van der Waals surface area (Å²) in [7, 11) is 0. The number of hydrogen-bond donors (Lipinski definition) is 2. The Morgan fingerprint density at radius 3 is 2.72 bits per heavy atom. The molecule has 0 aliphatic heterocycles. The summed E-state index contributed by atoms with van der Waals surface area (Å²) < 4.78 is 0. The Morgan fingerprint density at radius 2 is 2.11 bits per heavy atom. The highest BCUT2D eigenvalue weighted by Crippen LogP contribution is 2.21. The molecule has 18 heavy (non-hydrogen) atoms. The van der Waals surface area contributed by atoms with Crippen LogP contribution in [0.3, 0.4) is 0 Å². The number of amides is 2. The predicted octanol–water partition coefficient (Wildman–Crippen LogP) is 1.54. The summed E-state index contributed by atoms with van der Waals surface area (Å²) in [6.07, 6.45) is 2.69. The van der Waals surface area contributed by atoms with Crippen molar-refractivity contribution in [2.45, 2.75) is 0 Å². The summed E-state index contributed by atoms with van der Waals surface area (Å²) in [5.74, 6) is -1.22. The summed E-state index contributed by atoms with van der Waals surface area (Å²) in [5, 5.41) is 0.927. The molecular weight excluding hydrogens is 279 g/mol. The number of hydrogen-bond acceptors (Lipinski definition) is 3. The second-order valence-corrected chi connectivity index (χ2v) is 4.06. The van der Waals surface area contributed by atoms with Crippen LogP contribution < -0.4 is 11.2 Å². The Labute approximate surface area is 113 Å². The van der Waals surface area contributed by atoms with Crippen LogP contribution in [0.4, 0.5) is 0 Å². The lowest BCUT2D eigenvalue weighted by molar-refractivity contribution is -0.134. The smallest absolute Gasteiger partial charge is 0.267 e. The molecule has 7 heteroatoms. The number of primary amides is 1. The number of carbonyl (C=O) groups is 2. The molecule has 1 aromatic rings. The van der Waals surface area contributed by atoms with Crippen molar-refractivity contribution in [2.24, 2.45) is 5.73 Å². The first-order valence-electron chi connectivity index (χ1n) is 4.82. The molecule has 3 N–H and O–H groups in total. The molecule has 2 amide bonds. The van der Waals surface area contributed by atoms with E-state index in [0.717, 1.165) is 0 Å². The molecule has 0 radical (unpaired) electrons. The van der Waals surface area contributed by atoms with Gasteiger partial charge in [-0.2, -0.15) is 0 Å². The van der Waals surface area contributed by atoms with Gasteiger partial charge in [0, 0.05) is 16.1 Å². The topological polar surface area (TPSA) is 81.4 Å². The van der Waals surface area contributed by atoms with Crippen molar-refractivity contribution in [3.63, 3.8) is 0 Å². The van der Waals surface area contributed by atoms with Gasteiger partial charge in [-0.3, -0.25) is 14.4 Å². The minimum Gasteiger partial charge on any atom is -0.368 e. The van der Waals surface area contributed by atoms with Crippen LogP contribution in [0.2, 0.25) is 10.0 Å². The van der Waals surface area contributed by atoms with Gasteiger partial charge in [0.15, 0.2) is 6.61 Å². The van der Waals surface area contributed by atoms with Gasteiger partial charge in [0.25, 0.3) is 5.91 Å². The van der Waals surface area contributed by atoms with Crippen LogP contribution in [-0.4, -0.2) is 18.4 Å². The fraction of sp³-hybridized carbons (Fsp3) is 0.0909. The SMILES string of the molecule is NC(=O)CONC(=O)/C=C/c1ccc(Cl)cc1Cl. The Morgan fingerprint density at radius 1 is 1.39 bits per heavy atom. The first kappa shape index (κ1) is 14.5. The maximum Gasteiger partial charge on any atom is 0.267 e. The van der Waals surface area contributed by atoms with Crippen LogP contribution in [0.15, 0.2) is 24.3 Å². The summed E-state index contributed by atoms with van der Waals surface area (Å²) in [6.45, 7) is -0.388. The lowest BCUT2D eigenvalue weighted by Gasteiger charge is -2.01. The zero-order chi connectivity index (χ0) is 13.5. The first-order valence-corrected chi connectivity index (χ1v) is 5.58. The van der Waals surface area contributed by atoms with Crippen LogP contribution in [0.1, 0.15) is 5.56 Å². The van der Waals surface area contributed by atoms with Gasteiger partial charge < -0.3 is 5.73 Å². The highest BCUT2D eigenvalue weighted by molar-refractivity contribution is 6.35. The van der Waals surface area contributed by atoms with Crippen LogP contribution in [-0.2, 0) is 14.4 Å². The van der Waals surface area contributed by atoms with Gasteiger partial charge in [0.1, 0.15) is 0 Å². The van der Waals surface area contributed by atoms with Crippen LogP contribution >= 0.6 is 23.2 Å². The molecule has 0 fully saturated rings. The number of hydroxylamine groups is 1. The van der Waals surface area contributed by atoms with Crippen molar-refractivity contribution in [1.29, 1.82) is 0 Å². The third-order valence-corrected chi connectivity index (χ3v) is 2.33. The summed E-state index contributed by atoms with van der Waals surface area (Å²) in [6, 6.07) is 4.87. The molecule has 0 saturated heterocycles. The van der Waals surface area contributed by atoms with E-state index in [4.69, 9.17) is 28.9 Å². The molecule has 0 heterocycles. The van der Waals surface area contributed by atoms with Crippen molar-refractivity contribution in [1.82, 2.24) is 5.48 Å². The molecule has 1 rings (SSSR count). The fourth-order valence-electron chi connectivity index (χ4n) is 1.01. The third kappa shape index (κ3) is 5.18. The third-order valence-electron chi connectivity index (χ3n) is 1.76. The summed E-state index contributed by atoms with van der Waals surface area (Å²) in [4.78, 5) is 26.1. The van der Waals surface area contributed by atoms with E-state index in [-0.39, 0.29) is 6.61 Å². The van der Waals surface area contributed by atoms with E-state index in [1.807, 2.05) is 5.48 Å². The molecule has 5 nitrogen and oxygen atoms in total. The minimum absolute atomic E-state index is 0.388. The quantitative estimate of drug-likeness (QED) is 0.637. The van der Waals surface area contributed by atoms with Crippen molar-refractivity contribution >= 4 is 41.1 Å². The normalized spacial score (nSPS) is 10.6. The maximum atomic E-state index is 11.2. The average Bonchev–Trinajstić information content (AvgIpc) is 2.27. The van der Waals surface area contributed by atoms with Gasteiger partial charge in [0.2, 0.25) is 5.91 Å². The van der Waals surface area contributed by atoms with E-state index in [1.165, 1.54) is 12.2 Å². The highest BCUT2D eigenvalue weighted by Gasteiger charge is 2.00. The number of carbonyl (C=O) groups excluding carboxylic acids is 2. The molecule has 0 spiro atoms. The van der Waals surface area contributed by atoms with Crippen molar-refractivity contribution in [3.8, 4) is 0 Å². The lowest BCUT2D eigenvalue weighted by Crippen LogP contribution is -2.28. The van der Waals surface area contributed by atoms with Crippen molar-refractivity contribution in [2.75, 3.05) is 6.61 Å². The number of rotatable bonds is 5. The van der Waals surface area contributed by atoms with Crippen molar-refractivity contribution < 1.29 is 14.4 Å². The molecule has 0 aliphatic carbocycles. The zero-order valence-corrected chi connectivity index (χ0v) is 10.7. The van der Waals surface area contributed by atoms with Gasteiger partial charge in [-0.25, -0.2) is 5.48 Å². The largest absolute Gasteiger partial charge is 0.368 e. The lowest BCUT2D eigenvalue weighted by atomic mass is 10.2. The van der Waals surface area contributed by atoms with E-state index in [0.29, 0.717) is 15.6 Å². The van der Waals surface area contributed by atoms with Crippen molar-refractivity contribution in [3.05, 3.63) is 39.9 Å². The standard InChI is InChI=1S/C11H10Cl2N2O3/c12-8-3-1-7(9(13)5-8)2-4-11(17)15-18-6-10(14)16/h1-5H,6H2,(H2,14,16)(H,15,17)/b4-2+. The minimum atomic E-state index is -0.681. The Bertz CT molecular complexity index is 489. The number of nitrogens with one attached hydrogen (secondary N) is 1. The molecule has 0 unspecified atom stereocenters. The molecular formula is C11H10Cl2N2O3. The Hall–Kier alpha value is -1.56. The molecule has 96 valence electrons. The van der Waals surface area contributed by atoms with Gasteiger partial charge in [0.05, 0.1) is 0 Å². The number of halogens is 2. The second kappa shape index (κ2) is 7.00. The van der Waals surface area contributed by atoms with E-state index < -0.39 is 11.8 Å². The molecule has 0 bridgehead atoms. The van der Waals surface area contributed by atoms with E-state index in [2.05, 4.69) is 4.84 Å². The maximum absolute atomic E-state index is 11.2. The molecule has 0 aromatic heterocycles. The van der Waals surface area contributed by atoms with Crippen LogP contribution in [0.25, 0.3) is 6.08 Å². The summed E-state index contributed by atoms with van der Waals surface area (Å²) in [5.41, 5.74) is 7.46. The second-order valence-electron chi connectivity index (χ2n) is 3.22. The Balaban J connectivity index is 2.53. The molecule has 0 saturated carbocycles. The van der Waals surface area contributed by atoms with Crippen LogP contribution in [0, 0.1) is 0 Å². The van der Waals surface area contributed by atoms with Gasteiger partial charge in [-0.05, 0) is 23.8 Å².